The zero-order valence-corrected chi connectivity index (χ0v) is 23.2. The average Bonchev–Trinajstić information content (AvgIpc) is 3.01. The van der Waals surface area contributed by atoms with Gasteiger partial charge in [0.25, 0.3) is 11.8 Å². The van der Waals surface area contributed by atoms with E-state index in [1.807, 2.05) is 32.0 Å². The molecule has 2 aliphatic rings. The van der Waals surface area contributed by atoms with E-state index in [0.717, 1.165) is 0 Å². The first-order valence-electron chi connectivity index (χ1n) is 13.4. The van der Waals surface area contributed by atoms with Crippen molar-refractivity contribution in [1.82, 2.24) is 10.9 Å². The second-order valence-electron chi connectivity index (χ2n) is 9.70. The molecule has 42 heavy (non-hydrogen) atoms. The summed E-state index contributed by atoms with van der Waals surface area (Å²) in [5.41, 5.74) is 13.4. The predicted octanol–water partition coefficient (Wildman–Crippen LogP) is 4.94. The van der Waals surface area contributed by atoms with Gasteiger partial charge in [-0.1, -0.05) is 36.4 Å². The maximum atomic E-state index is 13.6. The van der Waals surface area contributed by atoms with E-state index < -0.39 is 17.9 Å². The van der Waals surface area contributed by atoms with Crippen LogP contribution in [0.1, 0.15) is 41.4 Å². The molecule has 0 spiro atoms. The van der Waals surface area contributed by atoms with Crippen LogP contribution in [0.25, 0.3) is 0 Å². The van der Waals surface area contributed by atoms with Crippen LogP contribution in [0.3, 0.4) is 0 Å². The fourth-order valence-electron chi connectivity index (χ4n) is 4.25. The van der Waals surface area contributed by atoms with Crippen LogP contribution in [0, 0.1) is 0 Å². The third-order valence-electron chi connectivity index (χ3n) is 6.27. The van der Waals surface area contributed by atoms with E-state index in [2.05, 4.69) is 21.2 Å². The molecule has 1 atom stereocenters. The number of hydrogen-bond donors (Lipinski definition) is 4. The van der Waals surface area contributed by atoms with E-state index in [1.54, 1.807) is 78.9 Å². The fraction of sp³-hybridized carbons (Fsp3) is 0.156. The van der Waals surface area contributed by atoms with E-state index in [9.17, 15) is 9.59 Å². The molecule has 0 saturated carbocycles. The van der Waals surface area contributed by atoms with Crippen LogP contribution in [-0.4, -0.2) is 30.5 Å². The van der Waals surface area contributed by atoms with Crippen LogP contribution < -0.4 is 36.1 Å². The predicted molar refractivity (Wildman–Crippen MR) is 160 cm³/mol. The summed E-state index contributed by atoms with van der Waals surface area (Å²) in [6, 6.07) is 27.4. The molecule has 214 valence electrons. The first kappa shape index (κ1) is 28.0. The Morgan fingerprint density at radius 1 is 0.929 bits per heavy atom. The molecule has 4 bridgehead atoms. The molecule has 2 heterocycles. The third kappa shape index (κ3) is 6.79. The number of carbonyl (C=O) groups excluding carboxylic acids is 2. The number of ether oxygens (including phenoxy) is 3. The monoisotopic (exact) mass is 565 g/mol. The molecule has 5 N–H and O–H groups in total. The highest BCUT2D eigenvalue weighted by Crippen LogP contribution is 2.33. The summed E-state index contributed by atoms with van der Waals surface area (Å²) in [4.78, 5) is 31.1. The minimum absolute atomic E-state index is 0.0453. The number of rotatable bonds is 6. The Morgan fingerprint density at radius 2 is 1.67 bits per heavy atom. The van der Waals surface area contributed by atoms with Crippen LogP contribution in [-0.2, 0) is 4.79 Å². The number of anilines is 1. The van der Waals surface area contributed by atoms with Crippen molar-refractivity contribution < 1.29 is 23.8 Å². The Balaban J connectivity index is 1.40. The number of carbonyl (C=O) groups is 2. The van der Waals surface area contributed by atoms with Gasteiger partial charge >= 0.3 is 0 Å². The number of benzene rings is 4. The summed E-state index contributed by atoms with van der Waals surface area (Å²) in [6.45, 7) is 3.76. The molecule has 0 fully saturated rings. The van der Waals surface area contributed by atoms with E-state index in [1.165, 1.54) is 0 Å². The molecule has 0 saturated heterocycles. The van der Waals surface area contributed by atoms with Crippen molar-refractivity contribution in [1.29, 1.82) is 0 Å². The summed E-state index contributed by atoms with van der Waals surface area (Å²) >= 11 is 0. The number of nitrogens with one attached hydrogen (secondary N) is 3. The molecule has 10 heteroatoms. The van der Waals surface area contributed by atoms with E-state index >= 15 is 0 Å². The van der Waals surface area contributed by atoms with Gasteiger partial charge in [-0.3, -0.25) is 20.4 Å². The molecule has 4 aromatic carbocycles. The fourth-order valence-corrected chi connectivity index (χ4v) is 4.25. The van der Waals surface area contributed by atoms with Gasteiger partial charge in [0.15, 0.2) is 18.2 Å². The molecule has 1 unspecified atom stereocenters. The normalized spacial score (nSPS) is 15.4. The Labute approximate surface area is 243 Å². The third-order valence-corrected chi connectivity index (χ3v) is 6.27. The lowest BCUT2D eigenvalue weighted by Crippen LogP contribution is -2.45. The van der Waals surface area contributed by atoms with Gasteiger partial charge < -0.3 is 25.3 Å². The molecule has 2 aliphatic heterocycles. The number of fused-ring (bicyclic) bond motifs is 5. The lowest BCUT2D eigenvalue weighted by Gasteiger charge is -2.22. The van der Waals surface area contributed by atoms with Gasteiger partial charge in [0, 0.05) is 11.3 Å². The molecule has 4 aromatic rings. The van der Waals surface area contributed by atoms with Gasteiger partial charge in [0.05, 0.1) is 11.7 Å². The van der Waals surface area contributed by atoms with Gasteiger partial charge in [-0.2, -0.15) is 0 Å². The van der Waals surface area contributed by atoms with Crippen molar-refractivity contribution in [3.05, 3.63) is 114 Å². The topological polar surface area (TPSA) is 136 Å². The first-order chi connectivity index (χ1) is 20.4. The Morgan fingerprint density at radius 3 is 2.43 bits per heavy atom. The highest BCUT2D eigenvalue weighted by atomic mass is 16.5. The van der Waals surface area contributed by atoms with Gasteiger partial charge in [-0.25, -0.2) is 4.99 Å². The Bertz CT molecular complexity index is 1590. The zero-order chi connectivity index (χ0) is 29.5. The Hall–Kier alpha value is -5.51. The SMILES string of the molecule is CC(C)Oc1ccc2cc1OC/N=C(/N)c1ccc(cc1)NC2C(=O)NNC(=O)c1ccccc1Oc1ccccc1. The first-order valence-corrected chi connectivity index (χ1v) is 13.4. The number of nitrogens with zero attached hydrogens (tertiary/aromatic N) is 1. The molecular formula is C32H31N5O5. The molecule has 0 aliphatic carbocycles. The molecule has 6 rings (SSSR count). The van der Waals surface area contributed by atoms with Crippen LogP contribution in [0.2, 0.25) is 0 Å². The maximum Gasteiger partial charge on any atom is 0.273 e. The molecule has 10 nitrogen and oxygen atoms in total. The number of hydrogen-bond acceptors (Lipinski definition) is 8. The molecule has 2 amide bonds. The number of aliphatic imine (C=N–C) groups is 1. The Kier molecular flexibility index (Phi) is 8.53. The smallest absolute Gasteiger partial charge is 0.273 e. The van der Waals surface area contributed by atoms with Crippen molar-refractivity contribution in [2.24, 2.45) is 10.7 Å². The van der Waals surface area contributed by atoms with Gasteiger partial charge in [0.2, 0.25) is 0 Å². The second kappa shape index (κ2) is 12.8. The molecule has 0 radical (unpaired) electrons. The van der Waals surface area contributed by atoms with Gasteiger partial charge in [-0.05, 0) is 80.1 Å². The lowest BCUT2D eigenvalue weighted by molar-refractivity contribution is -0.122. The van der Waals surface area contributed by atoms with Crippen molar-refractivity contribution in [2.45, 2.75) is 26.0 Å². The van der Waals surface area contributed by atoms with Crippen molar-refractivity contribution in [3.63, 3.8) is 0 Å². The number of nitrogens with two attached hydrogens (primary N) is 1. The lowest BCUT2D eigenvalue weighted by atomic mass is 10.0. The average molecular weight is 566 g/mol. The van der Waals surface area contributed by atoms with Gasteiger partial charge in [-0.15, -0.1) is 0 Å². The summed E-state index contributed by atoms with van der Waals surface area (Å²) in [7, 11) is 0. The number of amidine groups is 1. The van der Waals surface area contributed by atoms with Crippen LogP contribution in [0.15, 0.2) is 102 Å². The maximum absolute atomic E-state index is 13.6. The summed E-state index contributed by atoms with van der Waals surface area (Å²) in [5, 5.41) is 3.24. The standard InChI is InChI=1S/C32H31N5O5/c1-20(2)41-27-17-14-22-18-28(27)40-19-34-30(33)21-12-15-23(16-13-21)35-29(22)32(39)37-36-31(38)25-10-6-7-11-26(25)42-24-8-4-3-5-9-24/h3-18,20,29,35H,19H2,1-2H3,(H2,33,34)(H,36,38)(H,37,39). The van der Waals surface area contributed by atoms with Crippen LogP contribution in [0.5, 0.6) is 23.0 Å². The van der Waals surface area contributed by atoms with Crippen molar-refractivity contribution in [3.8, 4) is 23.0 Å². The largest absolute Gasteiger partial charge is 0.487 e. The van der Waals surface area contributed by atoms with Gasteiger partial charge in [0.1, 0.15) is 23.4 Å². The summed E-state index contributed by atoms with van der Waals surface area (Å²) < 4.78 is 17.7. The quantitative estimate of drug-likeness (QED) is 0.243. The highest BCUT2D eigenvalue weighted by Gasteiger charge is 2.24. The van der Waals surface area contributed by atoms with E-state index in [-0.39, 0.29) is 18.4 Å². The minimum atomic E-state index is -0.915. The van der Waals surface area contributed by atoms with Crippen molar-refractivity contribution in [2.75, 3.05) is 12.0 Å². The van der Waals surface area contributed by atoms with Crippen molar-refractivity contribution >= 4 is 23.3 Å². The molecular weight excluding hydrogens is 534 g/mol. The second-order valence-corrected chi connectivity index (χ2v) is 9.70. The van der Waals surface area contributed by atoms with Crippen LogP contribution >= 0.6 is 0 Å². The number of hydrazine groups is 1. The van der Waals surface area contributed by atoms with Crippen LogP contribution in [0.4, 0.5) is 5.69 Å². The zero-order valence-electron chi connectivity index (χ0n) is 23.2. The summed E-state index contributed by atoms with van der Waals surface area (Å²) in [5.74, 6) is 1.09. The number of amides is 2. The number of para-hydroxylation sites is 2. The summed E-state index contributed by atoms with van der Waals surface area (Å²) in [6.07, 6.45) is -0.106. The molecule has 0 aromatic heterocycles. The van der Waals surface area contributed by atoms with E-state index in [4.69, 9.17) is 19.9 Å². The van der Waals surface area contributed by atoms with E-state index in [0.29, 0.717) is 45.6 Å². The minimum Gasteiger partial charge on any atom is -0.487 e. The highest BCUT2D eigenvalue weighted by molar-refractivity contribution is 5.99.